The Balaban J connectivity index is 2.55. The van der Waals surface area contributed by atoms with E-state index in [1.807, 2.05) is 0 Å². The van der Waals surface area contributed by atoms with Crippen molar-refractivity contribution >= 4 is 17.9 Å². The zero-order chi connectivity index (χ0) is 13.7. The van der Waals surface area contributed by atoms with Crippen LogP contribution in [0.5, 0.6) is 0 Å². The van der Waals surface area contributed by atoms with E-state index in [1.165, 1.54) is 11.9 Å². The highest BCUT2D eigenvalue weighted by molar-refractivity contribution is 5.87. The Kier molecular flexibility index (Phi) is 4.94. The maximum Gasteiger partial charge on any atom is 0.318 e. The molecular formula is C11H19N3O4. The Morgan fingerprint density at radius 2 is 2.11 bits per heavy atom. The molecule has 0 aliphatic carbocycles. The summed E-state index contributed by atoms with van der Waals surface area (Å²) in [5.41, 5.74) is 0. The summed E-state index contributed by atoms with van der Waals surface area (Å²) in [4.78, 5) is 35.4. The minimum Gasteiger partial charge on any atom is -0.481 e. The highest BCUT2D eigenvalue weighted by atomic mass is 16.4. The zero-order valence-electron chi connectivity index (χ0n) is 10.6. The molecule has 1 heterocycles. The fourth-order valence-electron chi connectivity index (χ4n) is 2.06. The first-order valence-corrected chi connectivity index (χ1v) is 5.96. The van der Waals surface area contributed by atoms with E-state index in [2.05, 4.69) is 10.6 Å². The van der Waals surface area contributed by atoms with E-state index >= 15 is 0 Å². The van der Waals surface area contributed by atoms with E-state index in [1.54, 1.807) is 6.92 Å². The van der Waals surface area contributed by atoms with E-state index in [4.69, 9.17) is 5.11 Å². The summed E-state index contributed by atoms with van der Waals surface area (Å²) in [5, 5.41) is 13.7. The predicted octanol–water partition coefficient (Wildman–Crippen LogP) is -0.230. The topological polar surface area (TPSA) is 98.7 Å². The van der Waals surface area contributed by atoms with Crippen molar-refractivity contribution in [1.82, 2.24) is 15.5 Å². The first-order chi connectivity index (χ1) is 8.45. The smallest absolute Gasteiger partial charge is 0.318 e. The molecule has 7 nitrogen and oxygen atoms in total. The van der Waals surface area contributed by atoms with Gasteiger partial charge in [0, 0.05) is 19.6 Å². The number of likely N-dealkylation sites (tertiary alicyclic amines) is 1. The number of hydrogen-bond acceptors (Lipinski definition) is 3. The van der Waals surface area contributed by atoms with Gasteiger partial charge in [-0.1, -0.05) is 0 Å². The number of carboxylic acids is 1. The molecule has 0 bridgehead atoms. The molecule has 0 spiro atoms. The number of likely N-dealkylation sites (N-methyl/N-ethyl adjacent to an activating group) is 1. The number of nitrogens with one attached hydrogen (secondary N) is 2. The molecule has 18 heavy (non-hydrogen) atoms. The molecule has 1 aliphatic heterocycles. The van der Waals surface area contributed by atoms with E-state index in [9.17, 15) is 14.4 Å². The average molecular weight is 257 g/mol. The molecule has 2 unspecified atom stereocenters. The lowest BCUT2D eigenvalue weighted by atomic mass is 10.2. The van der Waals surface area contributed by atoms with Gasteiger partial charge in [-0.2, -0.15) is 0 Å². The van der Waals surface area contributed by atoms with Crippen molar-refractivity contribution in [3.63, 3.8) is 0 Å². The molecule has 102 valence electrons. The molecule has 0 radical (unpaired) electrons. The molecular weight excluding hydrogens is 238 g/mol. The summed E-state index contributed by atoms with van der Waals surface area (Å²) < 4.78 is 0. The molecule has 2 atom stereocenters. The maximum absolute atomic E-state index is 11.9. The normalized spacial score (nSPS) is 20.3. The number of urea groups is 1. The third-order valence-corrected chi connectivity index (χ3v) is 2.91. The molecule has 0 saturated carbocycles. The lowest BCUT2D eigenvalue weighted by Gasteiger charge is -2.25. The summed E-state index contributed by atoms with van der Waals surface area (Å²) in [6.45, 7) is 2.14. The highest BCUT2D eigenvalue weighted by Gasteiger charge is 2.33. The standard InChI is InChI=1S/C11H19N3O4/c1-7(6-9(15)16)13-11(18)14-5-3-4-8(14)10(17)12-2/h7-8H,3-6H2,1-2H3,(H,12,17)(H,13,18)(H,15,16). The number of amides is 3. The van der Waals surface area contributed by atoms with Crippen molar-refractivity contribution in [3.8, 4) is 0 Å². The monoisotopic (exact) mass is 257 g/mol. The Morgan fingerprint density at radius 1 is 1.44 bits per heavy atom. The first kappa shape index (κ1) is 14.3. The number of aliphatic carboxylic acids is 1. The minimum absolute atomic E-state index is 0.135. The van der Waals surface area contributed by atoms with Crippen molar-refractivity contribution in [2.24, 2.45) is 0 Å². The number of carbonyl (C=O) groups excluding carboxylic acids is 2. The van der Waals surface area contributed by atoms with Gasteiger partial charge in [-0.15, -0.1) is 0 Å². The van der Waals surface area contributed by atoms with E-state index in [0.29, 0.717) is 13.0 Å². The van der Waals surface area contributed by atoms with Gasteiger partial charge in [0.05, 0.1) is 6.42 Å². The van der Waals surface area contributed by atoms with Gasteiger partial charge in [0.2, 0.25) is 5.91 Å². The molecule has 1 aliphatic rings. The molecule has 0 aromatic heterocycles. The van der Waals surface area contributed by atoms with Crippen LogP contribution in [0.15, 0.2) is 0 Å². The lowest BCUT2D eigenvalue weighted by Crippen LogP contribution is -2.50. The SMILES string of the molecule is CNC(=O)C1CCCN1C(=O)NC(C)CC(=O)O. The summed E-state index contributed by atoms with van der Waals surface area (Å²) in [5.74, 6) is -1.15. The average Bonchev–Trinajstić information content (AvgIpc) is 2.75. The van der Waals surface area contributed by atoms with Gasteiger partial charge in [-0.3, -0.25) is 9.59 Å². The molecule has 1 rings (SSSR count). The summed E-state index contributed by atoms with van der Waals surface area (Å²) in [7, 11) is 1.53. The Labute approximate surface area is 106 Å². The largest absolute Gasteiger partial charge is 0.481 e. The predicted molar refractivity (Wildman–Crippen MR) is 64.0 cm³/mol. The fraction of sp³-hybridized carbons (Fsp3) is 0.727. The van der Waals surface area contributed by atoms with Crippen LogP contribution in [0, 0.1) is 0 Å². The third kappa shape index (κ3) is 3.61. The summed E-state index contributed by atoms with van der Waals surface area (Å²) >= 11 is 0. The van der Waals surface area contributed by atoms with Crippen molar-refractivity contribution < 1.29 is 19.5 Å². The van der Waals surface area contributed by atoms with Crippen LogP contribution in [0.2, 0.25) is 0 Å². The number of carbonyl (C=O) groups is 3. The lowest BCUT2D eigenvalue weighted by molar-refractivity contribution is -0.137. The second-order valence-electron chi connectivity index (χ2n) is 4.41. The van der Waals surface area contributed by atoms with Gasteiger partial charge in [0.1, 0.15) is 6.04 Å². The maximum atomic E-state index is 11.9. The van der Waals surface area contributed by atoms with Crippen LogP contribution in [0.3, 0.4) is 0 Å². The van der Waals surface area contributed by atoms with Crippen molar-refractivity contribution in [2.75, 3.05) is 13.6 Å². The summed E-state index contributed by atoms with van der Waals surface area (Å²) in [6, 6.07) is -1.29. The van der Waals surface area contributed by atoms with Crippen LogP contribution in [0.25, 0.3) is 0 Å². The molecule has 3 N–H and O–H groups in total. The van der Waals surface area contributed by atoms with Gasteiger partial charge in [0.15, 0.2) is 0 Å². The fourth-order valence-corrected chi connectivity index (χ4v) is 2.06. The molecule has 0 aromatic rings. The quantitative estimate of drug-likeness (QED) is 0.647. The third-order valence-electron chi connectivity index (χ3n) is 2.91. The van der Waals surface area contributed by atoms with Gasteiger partial charge < -0.3 is 20.6 Å². The molecule has 7 heteroatoms. The summed E-state index contributed by atoms with van der Waals surface area (Å²) in [6.07, 6.45) is 1.28. The highest BCUT2D eigenvalue weighted by Crippen LogP contribution is 2.17. The van der Waals surface area contributed by atoms with E-state index in [0.717, 1.165) is 6.42 Å². The number of rotatable bonds is 4. The number of nitrogens with zero attached hydrogens (tertiary/aromatic N) is 1. The van der Waals surface area contributed by atoms with Crippen molar-refractivity contribution in [2.45, 2.75) is 38.3 Å². The van der Waals surface area contributed by atoms with Gasteiger partial charge in [-0.05, 0) is 19.8 Å². The Bertz CT molecular complexity index is 345. The first-order valence-electron chi connectivity index (χ1n) is 5.96. The van der Waals surface area contributed by atoms with Crippen LogP contribution < -0.4 is 10.6 Å². The molecule has 1 saturated heterocycles. The molecule has 0 aromatic carbocycles. The molecule has 1 fully saturated rings. The van der Waals surface area contributed by atoms with Gasteiger partial charge in [-0.25, -0.2) is 4.79 Å². The van der Waals surface area contributed by atoms with Crippen molar-refractivity contribution in [1.29, 1.82) is 0 Å². The number of hydrogen-bond donors (Lipinski definition) is 3. The minimum atomic E-state index is -0.966. The van der Waals surface area contributed by atoms with Crippen LogP contribution in [0.4, 0.5) is 4.79 Å². The van der Waals surface area contributed by atoms with Crippen molar-refractivity contribution in [3.05, 3.63) is 0 Å². The van der Waals surface area contributed by atoms with E-state index in [-0.39, 0.29) is 18.4 Å². The Morgan fingerprint density at radius 3 is 2.67 bits per heavy atom. The van der Waals surface area contributed by atoms with Crippen LogP contribution in [-0.2, 0) is 9.59 Å². The Hall–Kier alpha value is -1.79. The zero-order valence-corrected chi connectivity index (χ0v) is 10.6. The van der Waals surface area contributed by atoms with Crippen LogP contribution in [-0.4, -0.2) is 53.6 Å². The van der Waals surface area contributed by atoms with Gasteiger partial charge in [0.25, 0.3) is 0 Å². The van der Waals surface area contributed by atoms with Crippen LogP contribution in [0.1, 0.15) is 26.2 Å². The van der Waals surface area contributed by atoms with E-state index < -0.39 is 18.1 Å². The van der Waals surface area contributed by atoms with Gasteiger partial charge >= 0.3 is 12.0 Å². The second kappa shape index (κ2) is 6.23. The molecule has 3 amide bonds. The second-order valence-corrected chi connectivity index (χ2v) is 4.41. The van der Waals surface area contributed by atoms with Crippen LogP contribution >= 0.6 is 0 Å². The number of carboxylic acid groups (broad SMARTS) is 1.